The third-order valence-corrected chi connectivity index (χ3v) is 3.84. The Kier molecular flexibility index (Phi) is 5.68. The van der Waals surface area contributed by atoms with Gasteiger partial charge in [0.25, 0.3) is 0 Å². The minimum Gasteiger partial charge on any atom is -0.384 e. The maximum absolute atomic E-state index is 11.8. The van der Waals surface area contributed by atoms with Crippen molar-refractivity contribution in [3.8, 4) is 0 Å². The van der Waals surface area contributed by atoms with E-state index >= 15 is 0 Å². The number of dihydropyridines is 1. The van der Waals surface area contributed by atoms with Crippen molar-refractivity contribution in [3.63, 3.8) is 0 Å². The van der Waals surface area contributed by atoms with Gasteiger partial charge in [-0.05, 0) is 18.6 Å². The summed E-state index contributed by atoms with van der Waals surface area (Å²) in [5, 5.41) is 4.09. The van der Waals surface area contributed by atoms with Crippen LogP contribution in [-0.2, 0) is 4.79 Å². The van der Waals surface area contributed by atoms with Crippen molar-refractivity contribution in [2.45, 2.75) is 40.2 Å². The lowest BCUT2D eigenvalue weighted by Gasteiger charge is -2.21. The van der Waals surface area contributed by atoms with Gasteiger partial charge in [-0.2, -0.15) is 0 Å². The number of anilines is 1. The Morgan fingerprint density at radius 3 is 2.67 bits per heavy atom. The second-order valence-corrected chi connectivity index (χ2v) is 5.40. The number of fused-ring (bicyclic) bond motifs is 1. The highest BCUT2D eigenvalue weighted by atomic mass is 16.1. The number of allylic oxidation sites excluding steroid dienone is 2. The number of nitrogens with one attached hydrogen (secondary N) is 1. The van der Waals surface area contributed by atoms with Gasteiger partial charge in [-0.25, -0.2) is 4.98 Å². The van der Waals surface area contributed by atoms with Gasteiger partial charge in [-0.15, -0.1) is 0 Å². The molecule has 0 bridgehead atoms. The van der Waals surface area contributed by atoms with Crippen molar-refractivity contribution < 1.29 is 4.79 Å². The van der Waals surface area contributed by atoms with Crippen LogP contribution in [0.25, 0.3) is 16.5 Å². The normalized spacial score (nSPS) is 16.4. The first-order chi connectivity index (χ1) is 11.6. The van der Waals surface area contributed by atoms with Crippen LogP contribution in [0.4, 0.5) is 5.82 Å². The van der Waals surface area contributed by atoms with Gasteiger partial charge in [0.1, 0.15) is 11.9 Å². The molecule has 1 aliphatic heterocycles. The molecule has 1 unspecified atom stereocenters. The van der Waals surface area contributed by atoms with E-state index in [9.17, 15) is 4.79 Å². The van der Waals surface area contributed by atoms with Crippen molar-refractivity contribution in [1.82, 2.24) is 15.3 Å². The molecule has 2 aromatic rings. The summed E-state index contributed by atoms with van der Waals surface area (Å²) in [7, 11) is 0. The molecule has 5 nitrogen and oxygen atoms in total. The maximum atomic E-state index is 11.8. The summed E-state index contributed by atoms with van der Waals surface area (Å²) < 4.78 is 0. The number of pyridine rings is 2. The number of ketones is 1. The predicted molar refractivity (Wildman–Crippen MR) is 99.3 cm³/mol. The number of Topliss-reactive ketones (excluding diaryl/α,β-unsaturated/α-hetero) is 1. The highest BCUT2D eigenvalue weighted by Crippen LogP contribution is 2.27. The van der Waals surface area contributed by atoms with Crippen molar-refractivity contribution in [3.05, 3.63) is 47.9 Å². The minimum atomic E-state index is -0.233. The van der Waals surface area contributed by atoms with E-state index in [1.54, 1.807) is 12.3 Å². The summed E-state index contributed by atoms with van der Waals surface area (Å²) in [4.78, 5) is 20.3. The number of hydrogen-bond donors (Lipinski definition) is 2. The van der Waals surface area contributed by atoms with Gasteiger partial charge in [-0.3, -0.25) is 9.78 Å². The lowest BCUT2D eigenvalue weighted by atomic mass is 9.94. The largest absolute Gasteiger partial charge is 0.384 e. The van der Waals surface area contributed by atoms with Crippen LogP contribution in [0.3, 0.4) is 0 Å². The Labute approximate surface area is 142 Å². The molecule has 126 valence electrons. The second-order valence-electron chi connectivity index (χ2n) is 5.40. The smallest absolute Gasteiger partial charge is 0.158 e. The molecule has 0 aliphatic carbocycles. The van der Waals surface area contributed by atoms with Crippen molar-refractivity contribution >= 4 is 28.1 Å². The van der Waals surface area contributed by atoms with Crippen LogP contribution in [0.2, 0.25) is 0 Å². The number of carbonyl (C=O) groups excluding carboxylic acids is 1. The second kappa shape index (κ2) is 7.73. The molecule has 0 saturated heterocycles. The van der Waals surface area contributed by atoms with Crippen LogP contribution in [0.5, 0.6) is 0 Å². The lowest BCUT2D eigenvalue weighted by molar-refractivity contribution is -0.119. The number of nitrogens with zero attached hydrogens (tertiary/aromatic N) is 2. The first kappa shape index (κ1) is 17.7. The Balaban J connectivity index is 0.00000100. The molecule has 24 heavy (non-hydrogen) atoms. The molecular weight excluding hydrogens is 300 g/mol. The zero-order valence-corrected chi connectivity index (χ0v) is 14.6. The van der Waals surface area contributed by atoms with Crippen LogP contribution in [0.15, 0.2) is 42.4 Å². The Morgan fingerprint density at radius 1 is 1.25 bits per heavy atom. The third-order valence-electron chi connectivity index (χ3n) is 3.84. The van der Waals surface area contributed by atoms with E-state index in [-0.39, 0.29) is 11.8 Å². The zero-order chi connectivity index (χ0) is 17.7. The molecule has 0 saturated carbocycles. The molecule has 3 heterocycles. The van der Waals surface area contributed by atoms with Crippen molar-refractivity contribution in [2.24, 2.45) is 0 Å². The molecule has 0 amide bonds. The summed E-state index contributed by atoms with van der Waals surface area (Å²) in [6, 6.07) is 3.55. The number of carbonyl (C=O) groups is 1. The van der Waals surface area contributed by atoms with E-state index in [0.717, 1.165) is 27.6 Å². The number of rotatable bonds is 3. The Hall–Kier alpha value is -2.69. The van der Waals surface area contributed by atoms with Gasteiger partial charge in [0, 0.05) is 47.6 Å². The Bertz CT molecular complexity index is 808. The molecule has 3 rings (SSSR count). The highest BCUT2D eigenvalue weighted by molar-refractivity contribution is 5.91. The lowest BCUT2D eigenvalue weighted by Crippen LogP contribution is -2.33. The SMILES string of the molecule is CC.CCC(=O)C1C=C(C)C(c2cnc3cc(N)ncc3c2)=CN1. The number of aromatic nitrogens is 2. The summed E-state index contributed by atoms with van der Waals surface area (Å²) >= 11 is 0. The van der Waals surface area contributed by atoms with E-state index in [1.165, 1.54) is 0 Å². The fourth-order valence-electron chi connectivity index (χ4n) is 2.58. The van der Waals surface area contributed by atoms with Crippen molar-refractivity contribution in [2.75, 3.05) is 5.73 Å². The molecule has 0 radical (unpaired) electrons. The van der Waals surface area contributed by atoms with E-state index in [0.29, 0.717) is 12.2 Å². The fourth-order valence-corrected chi connectivity index (χ4v) is 2.58. The molecule has 1 atom stereocenters. The quantitative estimate of drug-likeness (QED) is 0.903. The average Bonchev–Trinajstić information content (AvgIpc) is 2.62. The van der Waals surface area contributed by atoms with Crippen LogP contribution >= 0.6 is 0 Å². The molecule has 5 heteroatoms. The fraction of sp³-hybridized carbons (Fsp3) is 0.316. The summed E-state index contributed by atoms with van der Waals surface area (Å²) in [6.07, 6.45) is 7.91. The highest BCUT2D eigenvalue weighted by Gasteiger charge is 2.18. The van der Waals surface area contributed by atoms with Gasteiger partial charge in [0.2, 0.25) is 0 Å². The molecular formula is C19H24N4O. The van der Waals surface area contributed by atoms with E-state index in [1.807, 2.05) is 52.2 Å². The van der Waals surface area contributed by atoms with Gasteiger partial charge >= 0.3 is 0 Å². The number of nitrogen functional groups attached to an aromatic ring is 1. The first-order valence-electron chi connectivity index (χ1n) is 8.28. The van der Waals surface area contributed by atoms with E-state index in [2.05, 4.69) is 15.3 Å². The zero-order valence-electron chi connectivity index (χ0n) is 14.6. The van der Waals surface area contributed by atoms with Crippen LogP contribution in [0, 0.1) is 0 Å². The number of hydrogen-bond acceptors (Lipinski definition) is 5. The van der Waals surface area contributed by atoms with Crippen LogP contribution < -0.4 is 11.1 Å². The Morgan fingerprint density at radius 2 is 2.00 bits per heavy atom. The molecule has 0 fully saturated rings. The number of nitrogens with two attached hydrogens (primary N) is 1. The van der Waals surface area contributed by atoms with Gasteiger partial charge in [0.15, 0.2) is 5.78 Å². The van der Waals surface area contributed by atoms with E-state index < -0.39 is 0 Å². The van der Waals surface area contributed by atoms with Crippen LogP contribution in [0.1, 0.15) is 39.7 Å². The van der Waals surface area contributed by atoms with Gasteiger partial charge in [-0.1, -0.05) is 26.8 Å². The van der Waals surface area contributed by atoms with Gasteiger partial charge < -0.3 is 11.1 Å². The minimum absolute atomic E-state index is 0.186. The van der Waals surface area contributed by atoms with Crippen molar-refractivity contribution in [1.29, 1.82) is 0 Å². The summed E-state index contributed by atoms with van der Waals surface area (Å²) in [5.41, 5.74) is 9.58. The standard InChI is InChI=1S/C17H18N4O.C2H6/c1-3-16(22)15-4-10(2)13(9-20-15)11-5-12-8-21-17(18)6-14(12)19-7-11;1-2/h4-9,15,20H,3H2,1-2H3,(H2,18,21);1-2H3. The van der Waals surface area contributed by atoms with E-state index in [4.69, 9.17) is 5.73 Å². The third kappa shape index (κ3) is 3.62. The molecule has 3 N–H and O–H groups in total. The van der Waals surface area contributed by atoms with Gasteiger partial charge in [0.05, 0.1) is 5.52 Å². The molecule has 0 spiro atoms. The van der Waals surface area contributed by atoms with Crippen LogP contribution in [-0.4, -0.2) is 21.8 Å². The summed E-state index contributed by atoms with van der Waals surface area (Å²) in [6.45, 7) is 7.88. The molecule has 2 aromatic heterocycles. The molecule has 0 aromatic carbocycles. The summed E-state index contributed by atoms with van der Waals surface area (Å²) in [5.74, 6) is 0.647. The average molecular weight is 324 g/mol. The monoisotopic (exact) mass is 324 g/mol. The molecule has 1 aliphatic rings. The first-order valence-corrected chi connectivity index (χ1v) is 8.28. The maximum Gasteiger partial charge on any atom is 0.158 e. The predicted octanol–water partition coefficient (Wildman–Crippen LogP) is 3.48. The topological polar surface area (TPSA) is 80.9 Å².